The lowest BCUT2D eigenvalue weighted by Gasteiger charge is -2.06. The van der Waals surface area contributed by atoms with Crippen LogP contribution in [0.5, 0.6) is 0 Å². The lowest BCUT2D eigenvalue weighted by molar-refractivity contribution is -0.139. The average Bonchev–Trinajstić information content (AvgIpc) is 3.14. The van der Waals surface area contributed by atoms with E-state index in [4.69, 9.17) is 4.74 Å². The second-order valence-corrected chi connectivity index (χ2v) is 7.07. The molecular formula is C22H20N2O3S. The van der Waals surface area contributed by atoms with Gasteiger partial charge in [0.05, 0.1) is 12.1 Å². The van der Waals surface area contributed by atoms with Gasteiger partial charge in [-0.15, -0.1) is 11.3 Å². The Labute approximate surface area is 167 Å². The van der Waals surface area contributed by atoms with E-state index in [9.17, 15) is 9.59 Å². The number of benzene rings is 2. The minimum atomic E-state index is -0.435. The second-order valence-electron chi connectivity index (χ2n) is 6.12. The van der Waals surface area contributed by atoms with E-state index >= 15 is 0 Å². The highest BCUT2D eigenvalue weighted by Crippen LogP contribution is 2.16. The van der Waals surface area contributed by atoms with Crippen LogP contribution in [-0.2, 0) is 27.4 Å². The van der Waals surface area contributed by atoms with Gasteiger partial charge in [-0.3, -0.25) is 4.79 Å². The first-order valence-corrected chi connectivity index (χ1v) is 9.67. The van der Waals surface area contributed by atoms with Gasteiger partial charge < -0.3 is 10.1 Å². The molecule has 0 spiro atoms. The number of rotatable bonds is 7. The molecule has 28 heavy (non-hydrogen) atoms. The van der Waals surface area contributed by atoms with Crippen LogP contribution < -0.4 is 5.32 Å². The number of aromatic nitrogens is 1. The third-order valence-corrected chi connectivity index (χ3v) is 4.80. The minimum absolute atomic E-state index is 0.0773. The van der Waals surface area contributed by atoms with Crippen molar-refractivity contribution in [2.24, 2.45) is 0 Å². The third-order valence-electron chi connectivity index (χ3n) is 3.90. The van der Waals surface area contributed by atoms with Gasteiger partial charge in [-0.25, -0.2) is 9.78 Å². The van der Waals surface area contributed by atoms with Gasteiger partial charge in [0.2, 0.25) is 5.91 Å². The van der Waals surface area contributed by atoms with Crippen LogP contribution in [0, 0.1) is 6.92 Å². The number of nitrogens with one attached hydrogen (secondary N) is 1. The van der Waals surface area contributed by atoms with E-state index in [0.29, 0.717) is 10.7 Å². The van der Waals surface area contributed by atoms with Gasteiger partial charge >= 0.3 is 5.97 Å². The molecule has 0 unspecified atom stereocenters. The van der Waals surface area contributed by atoms with Gasteiger partial charge in [0.1, 0.15) is 11.6 Å². The highest BCUT2D eigenvalue weighted by Gasteiger charge is 2.10. The van der Waals surface area contributed by atoms with Crippen LogP contribution in [0.2, 0.25) is 0 Å². The number of carbonyl (C=O) groups is 2. The quantitative estimate of drug-likeness (QED) is 0.478. The van der Waals surface area contributed by atoms with Crippen molar-refractivity contribution in [3.8, 4) is 0 Å². The van der Waals surface area contributed by atoms with Gasteiger partial charge in [0.25, 0.3) is 0 Å². The third kappa shape index (κ3) is 5.89. The molecule has 1 N–H and O–H groups in total. The standard InChI is InChI=1S/C22H20N2O3S/c1-16-7-5-6-10-19(16)24-20(25)13-21-23-18(15-28-21)14-27-22(26)12-11-17-8-3-2-4-9-17/h2-12,15H,13-14H2,1H3,(H,24,25)/b12-11+. The number of amides is 1. The monoisotopic (exact) mass is 392 g/mol. The zero-order chi connectivity index (χ0) is 19.8. The molecule has 0 radical (unpaired) electrons. The van der Waals surface area contributed by atoms with Crippen molar-refractivity contribution in [1.29, 1.82) is 0 Å². The predicted molar refractivity (Wildman–Crippen MR) is 111 cm³/mol. The Bertz CT molecular complexity index is 980. The van der Waals surface area contributed by atoms with Crippen molar-refractivity contribution in [2.75, 3.05) is 5.32 Å². The summed E-state index contributed by atoms with van der Waals surface area (Å²) in [5, 5.41) is 5.36. The zero-order valence-electron chi connectivity index (χ0n) is 15.4. The Balaban J connectivity index is 1.47. The highest BCUT2D eigenvalue weighted by molar-refractivity contribution is 7.09. The van der Waals surface area contributed by atoms with Crippen molar-refractivity contribution in [3.05, 3.63) is 87.9 Å². The number of esters is 1. The summed E-state index contributed by atoms with van der Waals surface area (Å²) in [7, 11) is 0. The van der Waals surface area contributed by atoms with Crippen LogP contribution in [0.4, 0.5) is 5.69 Å². The number of anilines is 1. The number of thiazole rings is 1. The normalized spacial score (nSPS) is 10.8. The summed E-state index contributed by atoms with van der Waals surface area (Å²) >= 11 is 1.37. The van der Waals surface area contributed by atoms with Gasteiger partial charge in [0, 0.05) is 17.1 Å². The lowest BCUT2D eigenvalue weighted by atomic mass is 10.2. The van der Waals surface area contributed by atoms with Crippen molar-refractivity contribution < 1.29 is 14.3 Å². The van der Waals surface area contributed by atoms with Gasteiger partial charge in [-0.2, -0.15) is 0 Å². The Morgan fingerprint density at radius 1 is 1.11 bits per heavy atom. The van der Waals surface area contributed by atoms with Crippen LogP contribution in [0.15, 0.2) is 66.1 Å². The van der Waals surface area contributed by atoms with E-state index in [1.165, 1.54) is 17.4 Å². The molecule has 0 fully saturated rings. The van der Waals surface area contributed by atoms with Crippen molar-refractivity contribution >= 4 is 35.0 Å². The molecule has 3 rings (SSSR count). The van der Waals surface area contributed by atoms with Crippen LogP contribution >= 0.6 is 11.3 Å². The molecule has 0 atom stereocenters. The number of ether oxygens (including phenoxy) is 1. The Kier molecular flexibility index (Phi) is 6.70. The molecule has 1 amide bonds. The van der Waals surface area contributed by atoms with E-state index in [1.54, 1.807) is 11.5 Å². The molecule has 2 aromatic carbocycles. The zero-order valence-corrected chi connectivity index (χ0v) is 16.2. The summed E-state index contributed by atoms with van der Waals surface area (Å²) in [6, 6.07) is 17.1. The Morgan fingerprint density at radius 2 is 1.86 bits per heavy atom. The summed E-state index contributed by atoms with van der Waals surface area (Å²) in [6.07, 6.45) is 3.27. The summed E-state index contributed by atoms with van der Waals surface area (Å²) in [6.45, 7) is 2.02. The SMILES string of the molecule is Cc1ccccc1NC(=O)Cc1nc(COC(=O)/C=C/c2ccccc2)cs1. The molecular weight excluding hydrogens is 372 g/mol. The minimum Gasteiger partial charge on any atom is -0.456 e. The fraction of sp³-hybridized carbons (Fsp3) is 0.136. The van der Waals surface area contributed by atoms with Crippen molar-refractivity contribution in [1.82, 2.24) is 4.98 Å². The number of nitrogens with zero attached hydrogens (tertiary/aromatic N) is 1. The summed E-state index contributed by atoms with van der Waals surface area (Å²) < 4.78 is 5.20. The average molecular weight is 392 g/mol. The predicted octanol–water partition coefficient (Wildman–Crippen LogP) is 4.39. The topological polar surface area (TPSA) is 68.3 Å². The van der Waals surface area contributed by atoms with Crippen LogP contribution in [0.25, 0.3) is 6.08 Å². The maximum absolute atomic E-state index is 12.2. The first kappa shape index (κ1) is 19.5. The van der Waals surface area contributed by atoms with Crippen LogP contribution in [0.3, 0.4) is 0 Å². The molecule has 1 aromatic heterocycles. The molecule has 1 heterocycles. The lowest BCUT2D eigenvalue weighted by Crippen LogP contribution is -2.15. The smallest absolute Gasteiger partial charge is 0.331 e. The molecule has 3 aromatic rings. The number of hydrogen-bond donors (Lipinski definition) is 1. The van der Waals surface area contributed by atoms with Crippen LogP contribution in [0.1, 0.15) is 21.8 Å². The largest absolute Gasteiger partial charge is 0.456 e. The summed E-state index contributed by atoms with van der Waals surface area (Å²) in [5.41, 5.74) is 3.36. The van der Waals surface area contributed by atoms with E-state index in [1.807, 2.05) is 61.5 Å². The first-order chi connectivity index (χ1) is 13.6. The molecule has 142 valence electrons. The molecule has 0 saturated carbocycles. The van der Waals surface area contributed by atoms with E-state index in [-0.39, 0.29) is 18.9 Å². The van der Waals surface area contributed by atoms with E-state index in [0.717, 1.165) is 16.8 Å². The second kappa shape index (κ2) is 9.62. The number of para-hydroxylation sites is 1. The maximum atomic E-state index is 12.2. The van der Waals surface area contributed by atoms with E-state index < -0.39 is 5.97 Å². The first-order valence-electron chi connectivity index (χ1n) is 8.79. The van der Waals surface area contributed by atoms with Crippen LogP contribution in [-0.4, -0.2) is 16.9 Å². The van der Waals surface area contributed by atoms with Gasteiger partial charge in [0.15, 0.2) is 0 Å². The molecule has 5 nitrogen and oxygen atoms in total. The molecule has 0 saturated heterocycles. The fourth-order valence-corrected chi connectivity index (χ4v) is 3.24. The van der Waals surface area contributed by atoms with Crippen molar-refractivity contribution in [3.63, 3.8) is 0 Å². The fourth-order valence-electron chi connectivity index (χ4n) is 2.46. The number of aryl methyl sites for hydroxylation is 1. The Hall–Kier alpha value is -3.25. The molecule has 0 aliphatic carbocycles. The maximum Gasteiger partial charge on any atom is 0.331 e. The summed E-state index contributed by atoms with van der Waals surface area (Å²) in [5.74, 6) is -0.561. The van der Waals surface area contributed by atoms with Gasteiger partial charge in [-0.1, -0.05) is 48.5 Å². The summed E-state index contributed by atoms with van der Waals surface area (Å²) in [4.78, 5) is 28.4. The van der Waals surface area contributed by atoms with Gasteiger partial charge in [-0.05, 0) is 30.2 Å². The number of hydrogen-bond acceptors (Lipinski definition) is 5. The Morgan fingerprint density at radius 3 is 2.64 bits per heavy atom. The molecule has 6 heteroatoms. The molecule has 0 aliphatic heterocycles. The molecule has 0 bridgehead atoms. The van der Waals surface area contributed by atoms with Crippen molar-refractivity contribution in [2.45, 2.75) is 20.0 Å². The van der Waals surface area contributed by atoms with E-state index in [2.05, 4.69) is 10.3 Å². The highest BCUT2D eigenvalue weighted by atomic mass is 32.1. The number of carbonyl (C=O) groups excluding carboxylic acids is 2. The molecule has 0 aliphatic rings.